The Kier molecular flexibility index (Phi) is 9.23. The number of likely N-dealkylation sites (tertiary alicyclic amines) is 2. The molecule has 3 saturated heterocycles. The molecule has 0 bridgehead atoms. The van der Waals surface area contributed by atoms with Crippen molar-refractivity contribution in [3.8, 4) is 6.07 Å². The summed E-state index contributed by atoms with van der Waals surface area (Å²) in [5, 5.41) is 18.6. The highest BCUT2D eigenvalue weighted by atomic mass is 19.4. The zero-order valence-electron chi connectivity index (χ0n) is 24.5. The lowest BCUT2D eigenvalue weighted by Crippen LogP contribution is -2.51. The van der Waals surface area contributed by atoms with Crippen LogP contribution in [0.1, 0.15) is 68.4 Å². The maximum atomic E-state index is 16.4. The third kappa shape index (κ3) is 6.63. The first kappa shape index (κ1) is 31.5. The Hall–Kier alpha value is -2.91. The first-order chi connectivity index (χ1) is 20.4. The van der Waals surface area contributed by atoms with E-state index in [0.29, 0.717) is 50.1 Å². The lowest BCUT2D eigenvalue weighted by Gasteiger charge is -2.35. The number of benzene rings is 1. The minimum absolute atomic E-state index is 0.00135. The average molecular weight is 609 g/mol. The first-order valence-electron chi connectivity index (χ1n) is 15.2. The van der Waals surface area contributed by atoms with Crippen LogP contribution in [-0.4, -0.2) is 91.0 Å². The highest BCUT2D eigenvalue weighted by molar-refractivity contribution is 5.86. The van der Waals surface area contributed by atoms with Crippen molar-refractivity contribution in [2.45, 2.75) is 81.2 Å². The van der Waals surface area contributed by atoms with Gasteiger partial charge >= 0.3 is 12.1 Å². The molecule has 3 aliphatic heterocycles. The van der Waals surface area contributed by atoms with Gasteiger partial charge < -0.3 is 19.6 Å². The quantitative estimate of drug-likeness (QED) is 0.443. The Morgan fingerprint density at radius 3 is 2.42 bits per heavy atom. The monoisotopic (exact) mass is 608 g/mol. The Labute approximate surface area is 249 Å². The second-order valence-electron chi connectivity index (χ2n) is 12.7. The molecule has 1 aliphatic carbocycles. The van der Waals surface area contributed by atoms with E-state index in [2.05, 4.69) is 6.07 Å². The van der Waals surface area contributed by atoms with Crippen molar-refractivity contribution in [1.29, 1.82) is 5.26 Å². The molecule has 0 radical (unpaired) electrons. The van der Waals surface area contributed by atoms with Crippen molar-refractivity contribution in [2.75, 3.05) is 51.3 Å². The van der Waals surface area contributed by atoms with Crippen LogP contribution in [0.4, 0.5) is 23.2 Å². The lowest BCUT2D eigenvalue weighted by atomic mass is 9.86. The van der Waals surface area contributed by atoms with E-state index < -0.39 is 41.2 Å². The van der Waals surface area contributed by atoms with Gasteiger partial charge in [-0.2, -0.15) is 18.4 Å². The number of rotatable bonds is 7. The summed E-state index contributed by atoms with van der Waals surface area (Å²) in [6, 6.07) is 5.67. The minimum Gasteiger partial charge on any atom is -0.481 e. The van der Waals surface area contributed by atoms with Crippen LogP contribution in [-0.2, 0) is 20.5 Å². The van der Waals surface area contributed by atoms with E-state index in [1.807, 2.05) is 9.80 Å². The molecule has 4 fully saturated rings. The molecule has 3 atom stereocenters. The smallest absolute Gasteiger partial charge is 0.416 e. The number of piperidine rings is 1. The largest absolute Gasteiger partial charge is 0.481 e. The van der Waals surface area contributed by atoms with Crippen LogP contribution in [0.15, 0.2) is 18.2 Å². The van der Waals surface area contributed by atoms with Gasteiger partial charge in [0.05, 0.1) is 30.2 Å². The molecular weight excluding hydrogens is 568 g/mol. The third-order valence-electron chi connectivity index (χ3n) is 10.0. The van der Waals surface area contributed by atoms with Gasteiger partial charge in [0.25, 0.3) is 5.91 Å². The number of nitrogens with zero attached hydrogens (tertiary/aromatic N) is 4. The fourth-order valence-electron chi connectivity index (χ4n) is 7.56. The molecule has 5 rings (SSSR count). The van der Waals surface area contributed by atoms with E-state index in [9.17, 15) is 33.1 Å². The number of anilines is 1. The number of carboxylic acids is 1. The van der Waals surface area contributed by atoms with E-state index in [0.717, 1.165) is 37.8 Å². The van der Waals surface area contributed by atoms with Crippen LogP contribution < -0.4 is 4.90 Å². The first-order valence-corrected chi connectivity index (χ1v) is 15.2. The molecule has 4 aliphatic rings. The molecule has 1 saturated carbocycles. The summed E-state index contributed by atoms with van der Waals surface area (Å²) >= 11 is 0. The number of halogens is 4. The Bertz CT molecular complexity index is 1220. The Balaban J connectivity index is 1.35. The predicted molar refractivity (Wildman–Crippen MR) is 150 cm³/mol. The molecule has 1 aromatic rings. The van der Waals surface area contributed by atoms with Gasteiger partial charge in [0.1, 0.15) is 0 Å². The van der Waals surface area contributed by atoms with Crippen LogP contribution in [0.3, 0.4) is 0 Å². The highest BCUT2D eigenvalue weighted by Crippen LogP contribution is 2.43. The summed E-state index contributed by atoms with van der Waals surface area (Å²) in [6.45, 7) is 1.42. The van der Waals surface area contributed by atoms with Gasteiger partial charge in [-0.25, -0.2) is 4.39 Å². The number of nitriles is 1. The lowest BCUT2D eigenvalue weighted by molar-refractivity contribution is -0.145. The second-order valence-corrected chi connectivity index (χ2v) is 12.7. The summed E-state index contributed by atoms with van der Waals surface area (Å²) in [5.41, 5.74) is -1.81. The Morgan fingerprint density at radius 2 is 1.81 bits per heavy atom. The van der Waals surface area contributed by atoms with Crippen molar-refractivity contribution >= 4 is 17.6 Å². The highest BCUT2D eigenvalue weighted by Gasteiger charge is 2.52. The standard InChI is InChI=1S/C31H40F4N4O4/c1-43-18-25-14-22(17-39(25)29(42)30(32)10-13-38(19-30)24-5-2-20(16-36)3-6-24)26-7-4-23(31(33,34)35)15-27(26)37-11-8-21(9-12-37)28(40)41/h4,7,15,20-22,24-25H,2-3,5-6,8-14,17-19H2,1H3,(H,40,41)/t20-,22-,24+,25+,30-/m1/s1. The molecule has 236 valence electrons. The number of methoxy groups -OCH3 is 1. The van der Waals surface area contributed by atoms with Crippen LogP contribution in [0, 0.1) is 23.2 Å². The zero-order valence-corrected chi connectivity index (χ0v) is 24.5. The molecule has 1 aromatic carbocycles. The summed E-state index contributed by atoms with van der Waals surface area (Å²) in [4.78, 5) is 30.7. The fourth-order valence-corrected chi connectivity index (χ4v) is 7.56. The number of amides is 1. The average Bonchev–Trinajstić information content (AvgIpc) is 3.61. The normalized spacial score (nSPS) is 30.9. The van der Waals surface area contributed by atoms with E-state index in [4.69, 9.17) is 4.74 Å². The number of hydrogen-bond donors (Lipinski definition) is 1. The van der Waals surface area contributed by atoms with E-state index in [1.54, 1.807) is 0 Å². The maximum absolute atomic E-state index is 16.4. The number of carbonyl (C=O) groups is 2. The van der Waals surface area contributed by atoms with Gasteiger partial charge in [-0.05, 0) is 62.6 Å². The van der Waals surface area contributed by atoms with Gasteiger partial charge in [0.15, 0.2) is 0 Å². The number of hydrogen-bond acceptors (Lipinski definition) is 6. The number of carbonyl (C=O) groups excluding carboxylic acids is 1. The molecule has 1 N–H and O–H groups in total. The van der Waals surface area contributed by atoms with E-state index in [-0.39, 0.29) is 44.0 Å². The summed E-state index contributed by atoms with van der Waals surface area (Å²) in [5.74, 6) is -2.34. The van der Waals surface area contributed by atoms with Gasteiger partial charge in [0, 0.05) is 69.8 Å². The van der Waals surface area contributed by atoms with Crippen LogP contribution >= 0.6 is 0 Å². The van der Waals surface area contributed by atoms with Gasteiger partial charge in [-0.15, -0.1) is 0 Å². The SMILES string of the molecule is COC[C@@H]1C[C@@H](c2ccc(C(F)(F)F)cc2N2CCC(C(=O)O)CC2)CN1C(=O)[C@@]1(F)CCN([C@H]2CC[C@@H](C#N)CC2)C1. The topological polar surface area (TPSA) is 97.1 Å². The molecule has 0 spiro atoms. The molecule has 12 heteroatoms. The van der Waals surface area contributed by atoms with Crippen molar-refractivity contribution in [1.82, 2.24) is 9.80 Å². The van der Waals surface area contributed by atoms with Crippen LogP contribution in [0.25, 0.3) is 0 Å². The van der Waals surface area contributed by atoms with Gasteiger partial charge in [-0.3, -0.25) is 14.5 Å². The summed E-state index contributed by atoms with van der Waals surface area (Å²) in [6.07, 6.45) is -0.239. The van der Waals surface area contributed by atoms with Crippen molar-refractivity contribution in [3.63, 3.8) is 0 Å². The molecular formula is C31H40F4N4O4. The summed E-state index contributed by atoms with van der Waals surface area (Å²) < 4.78 is 63.0. The molecule has 1 amide bonds. The predicted octanol–water partition coefficient (Wildman–Crippen LogP) is 4.83. The van der Waals surface area contributed by atoms with E-state index >= 15 is 4.39 Å². The molecule has 43 heavy (non-hydrogen) atoms. The number of ether oxygens (including phenoxy) is 1. The van der Waals surface area contributed by atoms with Crippen LogP contribution in [0.2, 0.25) is 0 Å². The van der Waals surface area contributed by atoms with Crippen molar-refractivity contribution < 1.29 is 37.0 Å². The van der Waals surface area contributed by atoms with Crippen molar-refractivity contribution in [3.05, 3.63) is 29.3 Å². The minimum atomic E-state index is -4.55. The molecule has 0 unspecified atom stereocenters. The Morgan fingerprint density at radius 1 is 1.12 bits per heavy atom. The number of alkyl halides is 4. The van der Waals surface area contributed by atoms with Crippen molar-refractivity contribution in [2.24, 2.45) is 11.8 Å². The summed E-state index contributed by atoms with van der Waals surface area (Å²) in [7, 11) is 1.51. The maximum Gasteiger partial charge on any atom is 0.416 e. The van der Waals surface area contributed by atoms with E-state index in [1.165, 1.54) is 18.1 Å². The van der Waals surface area contributed by atoms with Crippen LogP contribution in [0.5, 0.6) is 0 Å². The zero-order chi connectivity index (χ0) is 30.9. The number of carboxylic acid groups (broad SMARTS) is 1. The fraction of sp³-hybridized carbons (Fsp3) is 0.710. The molecule has 3 heterocycles. The number of aliphatic carboxylic acids is 1. The van der Waals surface area contributed by atoms with Gasteiger partial charge in [-0.1, -0.05) is 6.07 Å². The molecule has 8 nitrogen and oxygen atoms in total. The van der Waals surface area contributed by atoms with Gasteiger partial charge in [0.2, 0.25) is 5.67 Å². The molecule has 0 aromatic heterocycles. The second kappa shape index (κ2) is 12.6. The third-order valence-corrected chi connectivity index (χ3v) is 10.0.